The van der Waals surface area contributed by atoms with Crippen molar-refractivity contribution in [2.75, 3.05) is 19.8 Å². The lowest BCUT2D eigenvalue weighted by Gasteiger charge is -2.11. The highest BCUT2D eigenvalue weighted by molar-refractivity contribution is 5.62. The lowest BCUT2D eigenvalue weighted by atomic mass is 10.2. The van der Waals surface area contributed by atoms with E-state index < -0.39 is 5.97 Å². The van der Waals surface area contributed by atoms with Gasteiger partial charge in [0.2, 0.25) is 0 Å². The molecular formula is C8H19NO4. The zero-order valence-corrected chi connectivity index (χ0v) is 8.16. The third-order valence-electron chi connectivity index (χ3n) is 1.26. The number of carboxylic acids is 1. The molecule has 5 heteroatoms. The van der Waals surface area contributed by atoms with Crippen LogP contribution in [-0.2, 0) is 4.79 Å². The van der Waals surface area contributed by atoms with E-state index in [0.717, 1.165) is 13.3 Å². The van der Waals surface area contributed by atoms with Gasteiger partial charge in [0.15, 0.2) is 0 Å². The Morgan fingerprint density at radius 2 is 1.92 bits per heavy atom. The number of carbonyl (C=O) groups is 1. The third kappa shape index (κ3) is 18.4. The fraction of sp³-hybridized carbons (Fsp3) is 0.875. The highest BCUT2D eigenvalue weighted by atomic mass is 16.4. The fourth-order valence-electron chi connectivity index (χ4n) is 0.607. The molecule has 1 unspecified atom stereocenters. The van der Waals surface area contributed by atoms with E-state index in [1.165, 1.54) is 0 Å². The molecule has 5 nitrogen and oxygen atoms in total. The average molecular weight is 193 g/mol. The molecule has 0 aromatic rings. The molecule has 0 aliphatic heterocycles. The van der Waals surface area contributed by atoms with E-state index in [0.29, 0.717) is 6.54 Å². The lowest BCUT2D eigenvalue weighted by molar-refractivity contribution is -0.134. The van der Waals surface area contributed by atoms with E-state index >= 15 is 0 Å². The van der Waals surface area contributed by atoms with Gasteiger partial charge in [-0.2, -0.15) is 0 Å². The Bertz CT molecular complexity index is 111. The maximum absolute atomic E-state index is 9.00. The summed E-state index contributed by atoms with van der Waals surface area (Å²) in [4.78, 5) is 9.00. The van der Waals surface area contributed by atoms with E-state index in [9.17, 15) is 0 Å². The minimum atomic E-state index is -0.833. The molecule has 0 aliphatic rings. The van der Waals surface area contributed by atoms with Gasteiger partial charge in [0.1, 0.15) is 0 Å². The first-order valence-corrected chi connectivity index (χ1v) is 4.23. The van der Waals surface area contributed by atoms with Gasteiger partial charge in [-0.1, -0.05) is 6.92 Å². The second kappa shape index (κ2) is 11.4. The highest BCUT2D eigenvalue weighted by Gasteiger charge is 1.99. The second-order valence-electron chi connectivity index (χ2n) is 2.48. The molecule has 0 spiro atoms. The van der Waals surface area contributed by atoms with Crippen molar-refractivity contribution >= 4 is 5.97 Å². The summed E-state index contributed by atoms with van der Waals surface area (Å²) in [6.45, 7) is 3.93. The van der Waals surface area contributed by atoms with Crippen molar-refractivity contribution in [1.82, 2.24) is 5.32 Å². The number of carboxylic acid groups (broad SMARTS) is 1. The predicted molar refractivity (Wildman–Crippen MR) is 49.6 cm³/mol. The van der Waals surface area contributed by atoms with Crippen molar-refractivity contribution < 1.29 is 20.1 Å². The first kappa shape index (κ1) is 14.9. The van der Waals surface area contributed by atoms with E-state index in [1.54, 1.807) is 0 Å². The number of rotatable bonds is 5. The van der Waals surface area contributed by atoms with Crippen LogP contribution in [-0.4, -0.2) is 47.1 Å². The number of aliphatic hydroxyl groups is 2. The third-order valence-corrected chi connectivity index (χ3v) is 1.26. The predicted octanol–water partition coefficient (Wildman–Crippen LogP) is -0.570. The molecule has 0 heterocycles. The van der Waals surface area contributed by atoms with Crippen molar-refractivity contribution in [2.24, 2.45) is 0 Å². The zero-order valence-electron chi connectivity index (χ0n) is 8.16. The molecule has 0 aliphatic carbocycles. The first-order valence-electron chi connectivity index (χ1n) is 4.23. The zero-order chi connectivity index (χ0) is 10.7. The van der Waals surface area contributed by atoms with Crippen molar-refractivity contribution in [3.05, 3.63) is 0 Å². The van der Waals surface area contributed by atoms with Crippen molar-refractivity contribution in [3.8, 4) is 0 Å². The molecule has 0 rings (SSSR count). The smallest absolute Gasteiger partial charge is 0.300 e. The standard InChI is InChI=1S/C6H15NO2.C2H4O2/c1-2-6(5-9)7-3-4-8;1-2(3)4/h6-9H,2-5H2,1H3;1H3,(H,3,4). The van der Waals surface area contributed by atoms with Crippen LogP contribution >= 0.6 is 0 Å². The van der Waals surface area contributed by atoms with Gasteiger partial charge in [-0.3, -0.25) is 4.79 Å². The highest BCUT2D eigenvalue weighted by Crippen LogP contribution is 1.86. The van der Waals surface area contributed by atoms with E-state index in [4.69, 9.17) is 20.1 Å². The van der Waals surface area contributed by atoms with E-state index in [1.807, 2.05) is 6.92 Å². The number of aliphatic carboxylic acids is 1. The van der Waals surface area contributed by atoms with Crippen molar-refractivity contribution in [2.45, 2.75) is 26.3 Å². The fourth-order valence-corrected chi connectivity index (χ4v) is 0.607. The normalized spacial score (nSPS) is 11.4. The minimum Gasteiger partial charge on any atom is -0.481 e. The summed E-state index contributed by atoms with van der Waals surface area (Å²) in [6, 6.07) is 0.150. The molecule has 0 aromatic heterocycles. The Balaban J connectivity index is 0. The Morgan fingerprint density at radius 3 is 2.15 bits per heavy atom. The van der Waals surface area contributed by atoms with Crippen LogP contribution in [0.2, 0.25) is 0 Å². The Kier molecular flexibility index (Phi) is 13.0. The summed E-state index contributed by atoms with van der Waals surface area (Å²) in [5, 5.41) is 27.4. The summed E-state index contributed by atoms with van der Waals surface area (Å²) in [5.74, 6) is -0.833. The van der Waals surface area contributed by atoms with Crippen LogP contribution in [0.1, 0.15) is 20.3 Å². The Morgan fingerprint density at radius 1 is 1.46 bits per heavy atom. The first-order chi connectivity index (χ1) is 6.08. The number of nitrogens with one attached hydrogen (secondary N) is 1. The van der Waals surface area contributed by atoms with Crippen molar-refractivity contribution in [3.63, 3.8) is 0 Å². The Hall–Kier alpha value is -0.650. The number of aliphatic hydroxyl groups excluding tert-OH is 2. The lowest BCUT2D eigenvalue weighted by Crippen LogP contribution is -2.33. The maximum Gasteiger partial charge on any atom is 0.300 e. The van der Waals surface area contributed by atoms with Crippen LogP contribution in [0.15, 0.2) is 0 Å². The van der Waals surface area contributed by atoms with Gasteiger partial charge >= 0.3 is 0 Å². The average Bonchev–Trinajstić information content (AvgIpc) is 2.06. The van der Waals surface area contributed by atoms with E-state index in [-0.39, 0.29) is 19.3 Å². The monoisotopic (exact) mass is 193 g/mol. The van der Waals surface area contributed by atoms with Gasteiger partial charge in [0, 0.05) is 19.5 Å². The summed E-state index contributed by atoms with van der Waals surface area (Å²) < 4.78 is 0. The van der Waals surface area contributed by atoms with Gasteiger partial charge < -0.3 is 20.6 Å². The van der Waals surface area contributed by atoms with Gasteiger partial charge in [-0.15, -0.1) is 0 Å². The number of hydrogen-bond donors (Lipinski definition) is 4. The minimum absolute atomic E-state index is 0.135. The summed E-state index contributed by atoms with van der Waals surface area (Å²) in [5.41, 5.74) is 0. The van der Waals surface area contributed by atoms with Crippen LogP contribution in [0.5, 0.6) is 0 Å². The largest absolute Gasteiger partial charge is 0.481 e. The summed E-state index contributed by atoms with van der Waals surface area (Å²) >= 11 is 0. The molecule has 0 radical (unpaired) electrons. The second-order valence-corrected chi connectivity index (χ2v) is 2.48. The van der Waals surface area contributed by atoms with Gasteiger partial charge in [0.05, 0.1) is 13.2 Å². The van der Waals surface area contributed by atoms with Gasteiger partial charge in [-0.25, -0.2) is 0 Å². The summed E-state index contributed by atoms with van der Waals surface area (Å²) in [7, 11) is 0. The van der Waals surface area contributed by atoms with Gasteiger partial charge in [-0.05, 0) is 6.42 Å². The maximum atomic E-state index is 9.00. The van der Waals surface area contributed by atoms with Crippen molar-refractivity contribution in [1.29, 1.82) is 0 Å². The molecule has 0 saturated heterocycles. The molecule has 0 aromatic carbocycles. The SMILES string of the molecule is CC(=O)O.CCC(CO)NCCO. The summed E-state index contributed by atoms with van der Waals surface area (Å²) in [6.07, 6.45) is 0.899. The molecule has 4 N–H and O–H groups in total. The molecule has 80 valence electrons. The molecule has 1 atom stereocenters. The molecule has 13 heavy (non-hydrogen) atoms. The molecule has 0 saturated carbocycles. The quantitative estimate of drug-likeness (QED) is 0.469. The van der Waals surface area contributed by atoms with Crippen LogP contribution in [0.3, 0.4) is 0 Å². The molecule has 0 bridgehead atoms. The van der Waals surface area contributed by atoms with E-state index in [2.05, 4.69) is 5.32 Å². The van der Waals surface area contributed by atoms with Gasteiger partial charge in [0.25, 0.3) is 5.97 Å². The number of hydrogen-bond acceptors (Lipinski definition) is 4. The van der Waals surface area contributed by atoms with Crippen LogP contribution in [0.25, 0.3) is 0 Å². The molecular weight excluding hydrogens is 174 g/mol. The molecule has 0 amide bonds. The van der Waals surface area contributed by atoms with Crippen LogP contribution < -0.4 is 5.32 Å². The molecule has 0 fully saturated rings. The van der Waals surface area contributed by atoms with Crippen LogP contribution in [0, 0.1) is 0 Å². The topological polar surface area (TPSA) is 89.8 Å². The van der Waals surface area contributed by atoms with Crippen LogP contribution in [0.4, 0.5) is 0 Å². The Labute approximate surface area is 78.4 Å².